The first kappa shape index (κ1) is 22.4. The van der Waals surface area contributed by atoms with Crippen molar-refractivity contribution in [3.05, 3.63) is 12.2 Å². The Morgan fingerprint density at radius 3 is 2.09 bits per heavy atom. The van der Waals surface area contributed by atoms with Gasteiger partial charge in [0.25, 0.3) is 0 Å². The number of hydrogen-bond acceptors (Lipinski definition) is 6. The average molecular weight is 348 g/mol. The monoisotopic (exact) mass is 347 g/mol. The second-order valence-corrected chi connectivity index (χ2v) is 7.89. The number of allylic oxidation sites excluding steroid dienone is 1. The first-order valence-electron chi connectivity index (χ1n) is 8.46. The fraction of sp³-hybridized carbons (Fsp3) is 0.812. The van der Waals surface area contributed by atoms with Gasteiger partial charge in [-0.2, -0.15) is 0 Å². The molecule has 7 heteroatoms. The van der Waals surface area contributed by atoms with Gasteiger partial charge in [-0.1, -0.05) is 6.08 Å². The molecule has 0 aliphatic carbocycles. The molecule has 0 saturated carbocycles. The minimum Gasteiger partial charge on any atom is -0.391 e. The first-order valence-corrected chi connectivity index (χ1v) is 10.4. The van der Waals surface area contributed by atoms with Gasteiger partial charge in [0.05, 0.1) is 12.1 Å². The van der Waals surface area contributed by atoms with Crippen molar-refractivity contribution in [3.8, 4) is 0 Å². The maximum atomic E-state index is 11.9. The summed E-state index contributed by atoms with van der Waals surface area (Å²) in [5, 5.41) is 12.8. The molecule has 6 nitrogen and oxygen atoms in total. The Balaban J connectivity index is 4.53. The Morgan fingerprint density at radius 1 is 1.17 bits per heavy atom. The van der Waals surface area contributed by atoms with Gasteiger partial charge in [0, 0.05) is 25.9 Å². The fourth-order valence-electron chi connectivity index (χ4n) is 2.34. The molecule has 0 radical (unpaired) electrons. The van der Waals surface area contributed by atoms with Crippen LogP contribution in [0.4, 0.5) is 0 Å². The van der Waals surface area contributed by atoms with Gasteiger partial charge in [-0.05, 0) is 53.7 Å². The van der Waals surface area contributed by atoms with Gasteiger partial charge in [0.15, 0.2) is 5.78 Å². The Hall–Kier alpha value is -0.573. The van der Waals surface area contributed by atoms with E-state index in [-0.39, 0.29) is 5.78 Å². The Labute approximate surface area is 141 Å². The number of ketones is 1. The van der Waals surface area contributed by atoms with E-state index < -0.39 is 21.0 Å². The highest BCUT2D eigenvalue weighted by Crippen LogP contribution is 2.18. The topological polar surface area (TPSA) is 77.0 Å². The summed E-state index contributed by atoms with van der Waals surface area (Å²) < 4.78 is 17.4. The molecule has 0 aromatic heterocycles. The molecule has 2 atom stereocenters. The van der Waals surface area contributed by atoms with Crippen LogP contribution in [0.2, 0.25) is 6.04 Å². The summed E-state index contributed by atoms with van der Waals surface area (Å²) in [6.45, 7) is 11.4. The van der Waals surface area contributed by atoms with E-state index in [4.69, 9.17) is 13.3 Å². The minimum absolute atomic E-state index is 0.120. The highest BCUT2D eigenvalue weighted by Gasteiger charge is 2.39. The lowest BCUT2D eigenvalue weighted by molar-refractivity contribution is -0.118. The number of aliphatic hydroxyl groups excluding tert-OH is 1. The standard InChI is InChI=1S/C16H33NO5Si/c1-6-11-15(19)16(14(5)18)17-12-10-13-23(20-7-2,21-8-3)22-9-4/h6,11,14,16-18H,7-10,12-13H2,1-5H3. The third-order valence-electron chi connectivity index (χ3n) is 3.24. The van der Waals surface area contributed by atoms with Crippen LogP contribution in [0, 0.1) is 0 Å². The highest BCUT2D eigenvalue weighted by molar-refractivity contribution is 6.60. The molecule has 0 aromatic carbocycles. The third kappa shape index (κ3) is 8.73. The normalized spacial score (nSPS) is 15.0. The maximum Gasteiger partial charge on any atom is 0.500 e. The van der Waals surface area contributed by atoms with Crippen LogP contribution in [0.25, 0.3) is 0 Å². The van der Waals surface area contributed by atoms with Crippen molar-refractivity contribution in [1.29, 1.82) is 0 Å². The number of nitrogens with one attached hydrogen (secondary N) is 1. The Bertz CT molecular complexity index is 332. The average Bonchev–Trinajstić information content (AvgIpc) is 2.47. The second-order valence-electron chi connectivity index (χ2n) is 5.16. The minimum atomic E-state index is -2.64. The second kappa shape index (κ2) is 12.8. The molecule has 0 aliphatic heterocycles. The van der Waals surface area contributed by atoms with Crippen molar-refractivity contribution in [3.63, 3.8) is 0 Å². The van der Waals surface area contributed by atoms with Gasteiger partial charge in [-0.25, -0.2) is 0 Å². The molecule has 0 rings (SSSR count). The summed E-state index contributed by atoms with van der Waals surface area (Å²) >= 11 is 0. The molecule has 0 amide bonds. The smallest absolute Gasteiger partial charge is 0.391 e. The molecule has 0 bridgehead atoms. The van der Waals surface area contributed by atoms with E-state index in [0.717, 1.165) is 6.42 Å². The van der Waals surface area contributed by atoms with Crippen LogP contribution in [0.1, 0.15) is 41.0 Å². The molecule has 0 aromatic rings. The van der Waals surface area contributed by atoms with Gasteiger partial charge < -0.3 is 23.7 Å². The quantitative estimate of drug-likeness (QED) is 0.284. The van der Waals surface area contributed by atoms with Crippen LogP contribution in [0.15, 0.2) is 12.2 Å². The molecular weight excluding hydrogens is 314 g/mol. The molecule has 2 N–H and O–H groups in total. The van der Waals surface area contributed by atoms with Gasteiger partial charge in [0.2, 0.25) is 0 Å². The van der Waals surface area contributed by atoms with E-state index in [1.807, 2.05) is 20.8 Å². The van der Waals surface area contributed by atoms with Crippen LogP contribution in [-0.2, 0) is 18.1 Å². The number of hydrogen-bond donors (Lipinski definition) is 2. The van der Waals surface area contributed by atoms with Crippen molar-refractivity contribution in [1.82, 2.24) is 5.32 Å². The molecular formula is C16H33NO5Si. The summed E-state index contributed by atoms with van der Waals surface area (Å²) in [6, 6.07) is 0.0911. The van der Waals surface area contributed by atoms with Gasteiger partial charge in [-0.15, -0.1) is 0 Å². The van der Waals surface area contributed by atoms with Crippen LogP contribution < -0.4 is 5.32 Å². The zero-order valence-corrected chi connectivity index (χ0v) is 16.1. The molecule has 2 unspecified atom stereocenters. The van der Waals surface area contributed by atoms with E-state index >= 15 is 0 Å². The van der Waals surface area contributed by atoms with Crippen LogP contribution in [-0.4, -0.2) is 58.2 Å². The predicted octanol–water partition coefficient (Wildman–Crippen LogP) is 1.91. The molecule has 0 saturated heterocycles. The number of rotatable bonds is 14. The van der Waals surface area contributed by atoms with Crippen LogP contribution >= 0.6 is 0 Å². The van der Waals surface area contributed by atoms with Gasteiger partial charge in [-0.3, -0.25) is 4.79 Å². The Kier molecular flexibility index (Phi) is 12.5. The summed E-state index contributed by atoms with van der Waals surface area (Å²) in [6.07, 6.45) is 3.16. The molecule has 0 spiro atoms. The first-order chi connectivity index (χ1) is 11.0. The van der Waals surface area contributed by atoms with E-state index in [2.05, 4.69) is 5.32 Å². The van der Waals surface area contributed by atoms with Crippen molar-refractivity contribution in [2.24, 2.45) is 0 Å². The third-order valence-corrected chi connectivity index (χ3v) is 6.39. The van der Waals surface area contributed by atoms with E-state index in [1.54, 1.807) is 19.9 Å². The van der Waals surface area contributed by atoms with E-state index in [9.17, 15) is 9.90 Å². The molecule has 0 heterocycles. The summed E-state index contributed by atoms with van der Waals surface area (Å²) in [5.74, 6) is -0.120. The zero-order chi connectivity index (χ0) is 17.7. The van der Waals surface area contributed by atoms with Crippen molar-refractivity contribution >= 4 is 14.6 Å². The largest absolute Gasteiger partial charge is 0.500 e. The van der Waals surface area contributed by atoms with Gasteiger partial charge in [0.1, 0.15) is 0 Å². The lowest BCUT2D eigenvalue weighted by Gasteiger charge is -2.28. The summed E-state index contributed by atoms with van der Waals surface area (Å²) in [7, 11) is -2.64. The van der Waals surface area contributed by atoms with Gasteiger partial charge >= 0.3 is 8.80 Å². The van der Waals surface area contributed by atoms with E-state index in [0.29, 0.717) is 32.4 Å². The maximum absolute atomic E-state index is 11.9. The van der Waals surface area contributed by atoms with Crippen molar-refractivity contribution in [2.45, 2.75) is 59.2 Å². The number of carbonyl (C=O) groups excluding carboxylic acids is 1. The molecule has 136 valence electrons. The number of aliphatic hydroxyl groups is 1. The Morgan fingerprint density at radius 2 is 1.70 bits per heavy atom. The van der Waals surface area contributed by atoms with Crippen LogP contribution in [0.5, 0.6) is 0 Å². The predicted molar refractivity (Wildman–Crippen MR) is 93.3 cm³/mol. The molecule has 0 fully saturated rings. The fourth-order valence-corrected chi connectivity index (χ4v) is 4.95. The highest BCUT2D eigenvalue weighted by atomic mass is 28.4. The number of carbonyl (C=O) groups is 1. The zero-order valence-electron chi connectivity index (χ0n) is 15.1. The lowest BCUT2D eigenvalue weighted by atomic mass is 10.1. The van der Waals surface area contributed by atoms with Crippen molar-refractivity contribution in [2.75, 3.05) is 26.4 Å². The SMILES string of the molecule is CC=CC(=O)C(NCCC[Si](OCC)(OCC)OCC)C(C)O. The molecule has 0 aliphatic rings. The summed E-state index contributed by atoms with van der Waals surface area (Å²) in [4.78, 5) is 11.9. The summed E-state index contributed by atoms with van der Waals surface area (Å²) in [5.41, 5.74) is 0. The molecule has 23 heavy (non-hydrogen) atoms. The van der Waals surface area contributed by atoms with Crippen molar-refractivity contribution < 1.29 is 23.2 Å². The van der Waals surface area contributed by atoms with E-state index in [1.165, 1.54) is 6.08 Å². The lowest BCUT2D eigenvalue weighted by Crippen LogP contribution is -2.48. The van der Waals surface area contributed by atoms with Crippen LogP contribution in [0.3, 0.4) is 0 Å².